The number of benzene rings is 2. The predicted octanol–water partition coefficient (Wildman–Crippen LogP) is 5.89. The van der Waals surface area contributed by atoms with Crippen LogP contribution in [0, 0.1) is 0 Å². The maximum atomic E-state index is 12.1. The highest BCUT2D eigenvalue weighted by Crippen LogP contribution is 2.26. The second-order valence-electron chi connectivity index (χ2n) is 6.40. The minimum Gasteiger partial charge on any atom is -0.456 e. The van der Waals surface area contributed by atoms with Crippen LogP contribution in [0.4, 0.5) is 8.78 Å². The van der Waals surface area contributed by atoms with Gasteiger partial charge >= 0.3 is 12.6 Å². The van der Waals surface area contributed by atoms with E-state index in [0.717, 1.165) is 10.6 Å². The van der Waals surface area contributed by atoms with Crippen LogP contribution < -0.4 is 4.74 Å². The van der Waals surface area contributed by atoms with Crippen LogP contribution >= 0.6 is 11.3 Å². The molecule has 0 aliphatic heterocycles. The number of aromatic nitrogens is 1. The molecule has 0 saturated carbocycles. The number of nitrogens with zero attached hydrogens (tertiary/aromatic N) is 1. The molecule has 3 aromatic rings. The summed E-state index contributed by atoms with van der Waals surface area (Å²) < 4.78 is 33.8. The van der Waals surface area contributed by atoms with Gasteiger partial charge in [-0.3, -0.25) is 0 Å². The van der Waals surface area contributed by atoms with Crippen molar-refractivity contribution in [2.45, 2.75) is 33.0 Å². The molecule has 0 fully saturated rings. The van der Waals surface area contributed by atoms with Gasteiger partial charge in [0.25, 0.3) is 0 Å². The highest BCUT2D eigenvalue weighted by molar-refractivity contribution is 7.13. The van der Waals surface area contributed by atoms with E-state index < -0.39 is 12.6 Å². The van der Waals surface area contributed by atoms with Crippen molar-refractivity contribution in [3.8, 4) is 16.3 Å². The number of carbonyl (C=O) groups excluding carboxylic acids is 1. The van der Waals surface area contributed by atoms with E-state index in [1.807, 2.05) is 17.5 Å². The monoisotopic (exact) mass is 403 g/mol. The molecule has 0 aliphatic carbocycles. The number of carbonyl (C=O) groups is 1. The van der Waals surface area contributed by atoms with E-state index in [1.54, 1.807) is 0 Å². The number of hydrogen-bond donors (Lipinski definition) is 0. The van der Waals surface area contributed by atoms with E-state index in [1.165, 1.54) is 41.2 Å². The van der Waals surface area contributed by atoms with Gasteiger partial charge in [-0.05, 0) is 35.7 Å². The van der Waals surface area contributed by atoms with Gasteiger partial charge in [-0.15, -0.1) is 11.3 Å². The van der Waals surface area contributed by atoms with Crippen LogP contribution in [0.1, 0.15) is 41.4 Å². The number of halogens is 2. The quantitative estimate of drug-likeness (QED) is 0.462. The number of alkyl halides is 2. The molecular weight excluding hydrogens is 384 g/mol. The highest BCUT2D eigenvalue weighted by Gasteiger charge is 2.11. The van der Waals surface area contributed by atoms with Crippen molar-refractivity contribution < 1.29 is 23.0 Å². The molecule has 7 heteroatoms. The smallest absolute Gasteiger partial charge is 0.387 e. The number of hydrogen-bond acceptors (Lipinski definition) is 5. The van der Waals surface area contributed by atoms with Crippen LogP contribution in [-0.2, 0) is 11.3 Å². The fraction of sp³-hybridized carbons (Fsp3) is 0.238. The first kappa shape index (κ1) is 19.9. The van der Waals surface area contributed by atoms with Crippen molar-refractivity contribution in [3.05, 3.63) is 70.7 Å². The van der Waals surface area contributed by atoms with Gasteiger partial charge in [-0.2, -0.15) is 8.78 Å². The molecule has 28 heavy (non-hydrogen) atoms. The third-order valence-corrected chi connectivity index (χ3v) is 4.98. The Morgan fingerprint density at radius 2 is 1.75 bits per heavy atom. The van der Waals surface area contributed by atoms with E-state index >= 15 is 0 Å². The van der Waals surface area contributed by atoms with Gasteiger partial charge in [0.1, 0.15) is 17.4 Å². The molecule has 3 rings (SSSR count). The Bertz CT molecular complexity index is 922. The molecule has 0 spiro atoms. The first-order chi connectivity index (χ1) is 13.4. The lowest BCUT2D eigenvalue weighted by atomic mass is 10.0. The summed E-state index contributed by atoms with van der Waals surface area (Å²) in [6.45, 7) is 1.42. The minimum absolute atomic E-state index is 0.0146. The second-order valence-corrected chi connectivity index (χ2v) is 7.26. The molecular formula is C21H19F2NO3S. The second kappa shape index (κ2) is 8.93. The van der Waals surface area contributed by atoms with E-state index in [2.05, 4.69) is 35.7 Å². The summed E-state index contributed by atoms with van der Waals surface area (Å²) in [6, 6.07) is 13.6. The lowest BCUT2D eigenvalue weighted by molar-refractivity contribution is -0.0498. The maximum absolute atomic E-state index is 12.1. The van der Waals surface area contributed by atoms with Gasteiger partial charge < -0.3 is 9.47 Å². The molecule has 1 aromatic heterocycles. The molecule has 0 N–H and O–H groups in total. The first-order valence-corrected chi connectivity index (χ1v) is 9.57. The van der Waals surface area contributed by atoms with Crippen LogP contribution in [-0.4, -0.2) is 17.6 Å². The molecule has 0 unspecified atom stereocenters. The average molecular weight is 403 g/mol. The van der Waals surface area contributed by atoms with Crippen molar-refractivity contribution in [1.82, 2.24) is 4.98 Å². The van der Waals surface area contributed by atoms with E-state index in [9.17, 15) is 13.6 Å². The summed E-state index contributed by atoms with van der Waals surface area (Å²) >= 11 is 1.48. The van der Waals surface area contributed by atoms with Crippen LogP contribution in [0.2, 0.25) is 0 Å². The van der Waals surface area contributed by atoms with Crippen molar-refractivity contribution in [2.24, 2.45) is 0 Å². The Balaban J connectivity index is 1.58. The standard InChI is InChI=1S/C21H19F2NO3S/c1-13(2)14-3-5-15(6-4-14)19-24-17(12-28-19)11-26-20(25)16-7-9-18(10-8-16)27-21(22)23/h3-10,12-13,21H,11H2,1-2H3. The lowest BCUT2D eigenvalue weighted by Gasteiger charge is -2.06. The zero-order chi connectivity index (χ0) is 20.1. The molecule has 1 heterocycles. The Morgan fingerprint density at radius 1 is 1.07 bits per heavy atom. The highest BCUT2D eigenvalue weighted by atomic mass is 32.1. The van der Waals surface area contributed by atoms with E-state index in [4.69, 9.17) is 4.74 Å². The van der Waals surface area contributed by atoms with Gasteiger partial charge in [-0.25, -0.2) is 9.78 Å². The fourth-order valence-corrected chi connectivity index (χ4v) is 3.32. The zero-order valence-corrected chi connectivity index (χ0v) is 16.2. The molecule has 0 saturated heterocycles. The molecule has 4 nitrogen and oxygen atoms in total. The number of rotatable bonds is 7. The summed E-state index contributed by atoms with van der Waals surface area (Å²) in [5.74, 6) is -0.102. The fourth-order valence-electron chi connectivity index (χ4n) is 2.51. The van der Waals surface area contributed by atoms with Crippen LogP contribution in [0.3, 0.4) is 0 Å². The summed E-state index contributed by atoms with van der Waals surface area (Å²) in [6.07, 6.45) is 0. The van der Waals surface area contributed by atoms with Crippen molar-refractivity contribution in [2.75, 3.05) is 0 Å². The van der Waals surface area contributed by atoms with Crippen LogP contribution in [0.25, 0.3) is 10.6 Å². The molecule has 0 atom stereocenters. The number of thiazole rings is 1. The number of ether oxygens (including phenoxy) is 2. The molecule has 0 aliphatic rings. The van der Waals surface area contributed by atoms with Gasteiger partial charge in [0.2, 0.25) is 0 Å². The molecule has 0 amide bonds. The Hall–Kier alpha value is -2.80. The van der Waals surface area contributed by atoms with Gasteiger partial charge in [0.05, 0.1) is 11.3 Å². The zero-order valence-electron chi connectivity index (χ0n) is 15.4. The Morgan fingerprint density at radius 3 is 2.36 bits per heavy atom. The molecule has 2 aromatic carbocycles. The molecule has 0 radical (unpaired) electrons. The summed E-state index contributed by atoms with van der Waals surface area (Å²) in [5, 5.41) is 2.70. The summed E-state index contributed by atoms with van der Waals surface area (Å²) in [4.78, 5) is 16.6. The molecule has 146 valence electrons. The van der Waals surface area contributed by atoms with Crippen molar-refractivity contribution in [1.29, 1.82) is 0 Å². The maximum Gasteiger partial charge on any atom is 0.387 e. The van der Waals surface area contributed by atoms with Crippen molar-refractivity contribution >= 4 is 17.3 Å². The van der Waals surface area contributed by atoms with Crippen LogP contribution in [0.15, 0.2) is 53.9 Å². The van der Waals surface area contributed by atoms with Crippen LogP contribution in [0.5, 0.6) is 5.75 Å². The largest absolute Gasteiger partial charge is 0.456 e. The predicted molar refractivity (Wildman–Crippen MR) is 104 cm³/mol. The average Bonchev–Trinajstić information content (AvgIpc) is 3.15. The third kappa shape index (κ3) is 5.13. The van der Waals surface area contributed by atoms with E-state index in [-0.39, 0.29) is 17.9 Å². The summed E-state index contributed by atoms with van der Waals surface area (Å²) in [7, 11) is 0. The van der Waals surface area contributed by atoms with Crippen molar-refractivity contribution in [3.63, 3.8) is 0 Å². The minimum atomic E-state index is -2.90. The summed E-state index contributed by atoms with van der Waals surface area (Å²) in [5.41, 5.74) is 3.18. The van der Waals surface area contributed by atoms with E-state index in [0.29, 0.717) is 11.6 Å². The third-order valence-electron chi connectivity index (χ3n) is 4.04. The van der Waals surface area contributed by atoms with Gasteiger partial charge in [0.15, 0.2) is 0 Å². The SMILES string of the molecule is CC(C)c1ccc(-c2nc(COC(=O)c3ccc(OC(F)F)cc3)cs2)cc1. The van der Waals surface area contributed by atoms with Gasteiger partial charge in [0, 0.05) is 10.9 Å². The van der Waals surface area contributed by atoms with Gasteiger partial charge in [-0.1, -0.05) is 38.1 Å². The normalized spacial score (nSPS) is 11.1. The number of esters is 1. The molecule has 0 bridgehead atoms. The lowest BCUT2D eigenvalue weighted by Crippen LogP contribution is -2.06. The Labute approximate surface area is 165 Å². The first-order valence-electron chi connectivity index (χ1n) is 8.69. The Kier molecular flexibility index (Phi) is 6.36. The topological polar surface area (TPSA) is 48.4 Å².